The number of methoxy groups -OCH3 is 1. The molecule has 1 atom stereocenters. The standard InChI is InChI=1S/C11H20N2O3/c1-6-11(4,9(15)16-5)13-7-8(14)12-10(13,2)3/h6-7H2,1-5H3,(H,12,14). The van der Waals surface area contributed by atoms with E-state index < -0.39 is 11.2 Å². The van der Waals surface area contributed by atoms with Gasteiger partial charge in [0.2, 0.25) is 5.91 Å². The van der Waals surface area contributed by atoms with Gasteiger partial charge in [0.1, 0.15) is 5.54 Å². The lowest BCUT2D eigenvalue weighted by Gasteiger charge is -2.42. The summed E-state index contributed by atoms with van der Waals surface area (Å²) < 4.78 is 4.83. The van der Waals surface area contributed by atoms with Gasteiger partial charge in [-0.05, 0) is 27.2 Å². The van der Waals surface area contributed by atoms with Crippen LogP contribution in [0.15, 0.2) is 0 Å². The fourth-order valence-electron chi connectivity index (χ4n) is 2.25. The summed E-state index contributed by atoms with van der Waals surface area (Å²) in [5.41, 5.74) is -1.28. The largest absolute Gasteiger partial charge is 0.468 e. The van der Waals surface area contributed by atoms with Crippen LogP contribution in [0.5, 0.6) is 0 Å². The molecule has 0 aromatic rings. The van der Waals surface area contributed by atoms with Gasteiger partial charge < -0.3 is 10.1 Å². The summed E-state index contributed by atoms with van der Waals surface area (Å²) in [5.74, 6) is -0.367. The maximum absolute atomic E-state index is 11.8. The molecule has 1 heterocycles. The molecular weight excluding hydrogens is 208 g/mol. The molecule has 16 heavy (non-hydrogen) atoms. The minimum absolute atomic E-state index is 0.0615. The van der Waals surface area contributed by atoms with E-state index in [2.05, 4.69) is 5.32 Å². The zero-order valence-electron chi connectivity index (χ0n) is 10.6. The maximum Gasteiger partial charge on any atom is 0.326 e. The molecule has 1 saturated heterocycles. The van der Waals surface area contributed by atoms with E-state index in [-0.39, 0.29) is 18.4 Å². The summed E-state index contributed by atoms with van der Waals surface area (Å²) in [6.07, 6.45) is 0.595. The molecule has 0 saturated carbocycles. The summed E-state index contributed by atoms with van der Waals surface area (Å²) in [5, 5.41) is 2.84. The van der Waals surface area contributed by atoms with Gasteiger partial charge in [0.25, 0.3) is 0 Å². The highest BCUT2D eigenvalue weighted by atomic mass is 16.5. The van der Waals surface area contributed by atoms with Gasteiger partial charge >= 0.3 is 5.97 Å². The van der Waals surface area contributed by atoms with E-state index in [1.165, 1.54) is 7.11 Å². The smallest absolute Gasteiger partial charge is 0.326 e. The van der Waals surface area contributed by atoms with Crippen molar-refractivity contribution in [3.63, 3.8) is 0 Å². The Kier molecular flexibility index (Phi) is 3.28. The van der Waals surface area contributed by atoms with Crippen molar-refractivity contribution < 1.29 is 14.3 Å². The van der Waals surface area contributed by atoms with Gasteiger partial charge in [-0.3, -0.25) is 14.5 Å². The van der Waals surface area contributed by atoms with Crippen molar-refractivity contribution in [3.05, 3.63) is 0 Å². The van der Waals surface area contributed by atoms with Crippen molar-refractivity contribution in [1.82, 2.24) is 10.2 Å². The Morgan fingerprint density at radius 1 is 1.62 bits per heavy atom. The van der Waals surface area contributed by atoms with Crippen molar-refractivity contribution in [3.8, 4) is 0 Å². The fraction of sp³-hybridized carbons (Fsp3) is 0.818. The minimum Gasteiger partial charge on any atom is -0.468 e. The Morgan fingerprint density at radius 2 is 2.19 bits per heavy atom. The molecule has 5 nitrogen and oxygen atoms in total. The predicted octanol–water partition coefficient (Wildman–Crippen LogP) is 0.496. The molecule has 1 aliphatic rings. The van der Waals surface area contributed by atoms with Gasteiger partial charge in [-0.1, -0.05) is 6.92 Å². The molecule has 5 heteroatoms. The normalized spacial score (nSPS) is 23.7. The number of rotatable bonds is 3. The average molecular weight is 228 g/mol. The number of nitrogens with zero attached hydrogens (tertiary/aromatic N) is 1. The Labute approximate surface area is 96.1 Å². The van der Waals surface area contributed by atoms with Crippen molar-refractivity contribution >= 4 is 11.9 Å². The number of esters is 1. The van der Waals surface area contributed by atoms with Crippen LogP contribution in [0.1, 0.15) is 34.1 Å². The van der Waals surface area contributed by atoms with Gasteiger partial charge in [-0.2, -0.15) is 0 Å². The molecule has 1 unspecified atom stereocenters. The SMILES string of the molecule is CCC(C)(C(=O)OC)N1CC(=O)NC1(C)C. The molecule has 92 valence electrons. The van der Waals surface area contributed by atoms with E-state index in [1.807, 2.05) is 25.7 Å². The number of carbonyl (C=O) groups is 2. The van der Waals surface area contributed by atoms with Crippen molar-refractivity contribution in [1.29, 1.82) is 0 Å². The van der Waals surface area contributed by atoms with Crippen LogP contribution < -0.4 is 5.32 Å². The van der Waals surface area contributed by atoms with Crippen molar-refractivity contribution in [2.24, 2.45) is 0 Å². The van der Waals surface area contributed by atoms with E-state index in [0.29, 0.717) is 6.42 Å². The monoisotopic (exact) mass is 228 g/mol. The number of hydrogen-bond donors (Lipinski definition) is 1. The zero-order valence-corrected chi connectivity index (χ0v) is 10.6. The van der Waals surface area contributed by atoms with Gasteiger partial charge in [0.15, 0.2) is 0 Å². The maximum atomic E-state index is 11.8. The first-order valence-electron chi connectivity index (χ1n) is 5.45. The lowest BCUT2D eigenvalue weighted by molar-refractivity contribution is -0.157. The zero-order chi connectivity index (χ0) is 12.6. The summed E-state index contributed by atoms with van der Waals surface area (Å²) in [6.45, 7) is 7.71. The van der Waals surface area contributed by atoms with E-state index >= 15 is 0 Å². The second kappa shape index (κ2) is 4.05. The summed E-state index contributed by atoms with van der Waals surface area (Å²) in [4.78, 5) is 25.1. The molecule has 0 aliphatic carbocycles. The van der Waals surface area contributed by atoms with E-state index in [0.717, 1.165) is 0 Å². The molecule has 1 amide bonds. The highest BCUT2D eigenvalue weighted by molar-refractivity contribution is 5.85. The average Bonchev–Trinajstić information content (AvgIpc) is 2.50. The van der Waals surface area contributed by atoms with E-state index in [1.54, 1.807) is 6.92 Å². The first-order valence-corrected chi connectivity index (χ1v) is 5.45. The van der Waals surface area contributed by atoms with Crippen LogP contribution in [0.2, 0.25) is 0 Å². The Balaban J connectivity index is 3.05. The number of hydrogen-bond acceptors (Lipinski definition) is 4. The third kappa shape index (κ3) is 1.91. The first-order chi connectivity index (χ1) is 7.28. The number of amides is 1. The fourth-order valence-corrected chi connectivity index (χ4v) is 2.25. The molecule has 1 aliphatic heterocycles. The molecule has 0 bridgehead atoms. The van der Waals surface area contributed by atoms with Crippen LogP contribution in [-0.4, -0.2) is 41.6 Å². The molecule has 1 fully saturated rings. The first kappa shape index (κ1) is 13.0. The second-order valence-electron chi connectivity index (χ2n) is 4.81. The lowest BCUT2D eigenvalue weighted by Crippen LogP contribution is -2.60. The minimum atomic E-state index is -0.766. The van der Waals surface area contributed by atoms with Crippen LogP contribution in [0.4, 0.5) is 0 Å². The highest BCUT2D eigenvalue weighted by Crippen LogP contribution is 2.30. The van der Waals surface area contributed by atoms with Gasteiger partial charge in [0.05, 0.1) is 19.3 Å². The number of ether oxygens (including phenoxy) is 1. The predicted molar refractivity (Wildman–Crippen MR) is 59.6 cm³/mol. The molecule has 0 spiro atoms. The second-order valence-corrected chi connectivity index (χ2v) is 4.81. The summed E-state index contributed by atoms with van der Waals surface area (Å²) in [6, 6.07) is 0. The Bertz CT molecular complexity index is 314. The molecule has 1 N–H and O–H groups in total. The van der Waals surface area contributed by atoms with E-state index in [9.17, 15) is 9.59 Å². The molecule has 0 aromatic carbocycles. The molecule has 0 aromatic heterocycles. The van der Waals surface area contributed by atoms with Crippen LogP contribution in [0.3, 0.4) is 0 Å². The van der Waals surface area contributed by atoms with Crippen molar-refractivity contribution in [2.75, 3.05) is 13.7 Å². The van der Waals surface area contributed by atoms with Gasteiger partial charge in [0, 0.05) is 0 Å². The number of carbonyl (C=O) groups excluding carboxylic acids is 2. The topological polar surface area (TPSA) is 58.6 Å². The Hall–Kier alpha value is -1.10. The summed E-state index contributed by atoms with van der Waals surface area (Å²) >= 11 is 0. The molecule has 1 rings (SSSR count). The van der Waals surface area contributed by atoms with Crippen LogP contribution in [0.25, 0.3) is 0 Å². The third-order valence-corrected chi connectivity index (χ3v) is 3.33. The molecule has 0 radical (unpaired) electrons. The molecular formula is C11H20N2O3. The van der Waals surface area contributed by atoms with Crippen molar-refractivity contribution in [2.45, 2.75) is 45.3 Å². The third-order valence-electron chi connectivity index (χ3n) is 3.33. The number of nitrogens with one attached hydrogen (secondary N) is 1. The highest BCUT2D eigenvalue weighted by Gasteiger charge is 2.50. The van der Waals surface area contributed by atoms with Crippen LogP contribution in [-0.2, 0) is 14.3 Å². The lowest BCUT2D eigenvalue weighted by atomic mass is 9.94. The van der Waals surface area contributed by atoms with Crippen LogP contribution >= 0.6 is 0 Å². The van der Waals surface area contributed by atoms with Crippen LogP contribution in [0, 0.1) is 0 Å². The quantitative estimate of drug-likeness (QED) is 0.714. The Morgan fingerprint density at radius 3 is 2.50 bits per heavy atom. The van der Waals surface area contributed by atoms with E-state index in [4.69, 9.17) is 4.74 Å². The van der Waals surface area contributed by atoms with Gasteiger partial charge in [-0.15, -0.1) is 0 Å². The van der Waals surface area contributed by atoms with Gasteiger partial charge in [-0.25, -0.2) is 0 Å². The summed E-state index contributed by atoms with van der Waals surface area (Å²) in [7, 11) is 1.37.